The quantitative estimate of drug-likeness (QED) is 0.806. The molecule has 18 heavy (non-hydrogen) atoms. The summed E-state index contributed by atoms with van der Waals surface area (Å²) in [6, 6.07) is 2.31. The maximum atomic E-state index is 3.67. The third kappa shape index (κ3) is 3.48. The van der Waals surface area contributed by atoms with E-state index in [-0.39, 0.29) is 0 Å². The number of nitrogens with zero attached hydrogens (tertiary/aromatic N) is 1. The SMILES string of the molecule is CCC1CCCCC1N(CC1CCCN1)C(C)C. The zero-order chi connectivity index (χ0) is 13.0. The minimum Gasteiger partial charge on any atom is -0.313 e. The van der Waals surface area contributed by atoms with Gasteiger partial charge in [-0.2, -0.15) is 0 Å². The molecule has 0 aromatic heterocycles. The lowest BCUT2D eigenvalue weighted by Gasteiger charge is -2.43. The minimum absolute atomic E-state index is 0.699. The molecule has 1 aliphatic carbocycles. The summed E-state index contributed by atoms with van der Waals surface area (Å²) in [5.74, 6) is 0.947. The van der Waals surface area contributed by atoms with E-state index in [1.165, 1.54) is 58.0 Å². The Morgan fingerprint density at radius 3 is 2.50 bits per heavy atom. The molecule has 0 aromatic carbocycles. The van der Waals surface area contributed by atoms with Gasteiger partial charge in [-0.1, -0.05) is 26.2 Å². The Labute approximate surface area is 114 Å². The first-order valence-electron chi connectivity index (χ1n) is 8.21. The lowest BCUT2D eigenvalue weighted by atomic mass is 9.81. The van der Waals surface area contributed by atoms with E-state index in [1.54, 1.807) is 0 Å². The van der Waals surface area contributed by atoms with E-state index >= 15 is 0 Å². The van der Waals surface area contributed by atoms with Gasteiger partial charge in [0, 0.05) is 24.7 Å². The second-order valence-corrected chi connectivity index (χ2v) is 6.60. The van der Waals surface area contributed by atoms with Crippen molar-refractivity contribution in [2.75, 3.05) is 13.1 Å². The lowest BCUT2D eigenvalue weighted by Crippen LogP contribution is -2.50. The van der Waals surface area contributed by atoms with E-state index in [0.717, 1.165) is 18.0 Å². The monoisotopic (exact) mass is 252 g/mol. The van der Waals surface area contributed by atoms with Crippen LogP contribution in [0.1, 0.15) is 65.7 Å². The van der Waals surface area contributed by atoms with Crippen LogP contribution in [-0.4, -0.2) is 36.1 Å². The lowest BCUT2D eigenvalue weighted by molar-refractivity contribution is 0.0658. The van der Waals surface area contributed by atoms with Crippen LogP contribution in [0.25, 0.3) is 0 Å². The van der Waals surface area contributed by atoms with Crippen molar-refractivity contribution < 1.29 is 0 Å². The van der Waals surface area contributed by atoms with Gasteiger partial charge in [-0.25, -0.2) is 0 Å². The van der Waals surface area contributed by atoms with Gasteiger partial charge >= 0.3 is 0 Å². The van der Waals surface area contributed by atoms with E-state index < -0.39 is 0 Å². The first-order valence-corrected chi connectivity index (χ1v) is 8.21. The zero-order valence-electron chi connectivity index (χ0n) is 12.6. The van der Waals surface area contributed by atoms with Gasteiger partial charge in [0.2, 0.25) is 0 Å². The van der Waals surface area contributed by atoms with Crippen LogP contribution in [0.2, 0.25) is 0 Å². The van der Waals surface area contributed by atoms with E-state index in [2.05, 4.69) is 31.0 Å². The predicted molar refractivity (Wildman–Crippen MR) is 78.9 cm³/mol. The van der Waals surface area contributed by atoms with Crippen molar-refractivity contribution in [3.8, 4) is 0 Å². The Morgan fingerprint density at radius 2 is 1.89 bits per heavy atom. The molecule has 0 amide bonds. The van der Waals surface area contributed by atoms with Crippen molar-refractivity contribution in [1.82, 2.24) is 10.2 Å². The molecular formula is C16H32N2. The largest absolute Gasteiger partial charge is 0.313 e. The van der Waals surface area contributed by atoms with Crippen molar-refractivity contribution in [3.05, 3.63) is 0 Å². The molecule has 1 saturated carbocycles. The molecule has 0 spiro atoms. The van der Waals surface area contributed by atoms with Crippen molar-refractivity contribution in [1.29, 1.82) is 0 Å². The van der Waals surface area contributed by atoms with Crippen LogP contribution in [0.3, 0.4) is 0 Å². The van der Waals surface area contributed by atoms with Crippen LogP contribution in [0, 0.1) is 5.92 Å². The van der Waals surface area contributed by atoms with Gasteiger partial charge in [-0.3, -0.25) is 4.90 Å². The summed E-state index contributed by atoms with van der Waals surface area (Å²) < 4.78 is 0. The number of hydrogen-bond acceptors (Lipinski definition) is 2. The molecular weight excluding hydrogens is 220 g/mol. The molecule has 2 aliphatic rings. The van der Waals surface area contributed by atoms with Gasteiger partial charge in [0.1, 0.15) is 0 Å². The third-order valence-electron chi connectivity index (χ3n) is 5.08. The molecule has 1 N–H and O–H groups in total. The van der Waals surface area contributed by atoms with Crippen LogP contribution in [-0.2, 0) is 0 Å². The Kier molecular flexibility index (Phi) is 5.50. The fourth-order valence-electron chi connectivity index (χ4n) is 4.00. The first kappa shape index (κ1) is 14.3. The Hall–Kier alpha value is -0.0800. The van der Waals surface area contributed by atoms with Gasteiger partial charge in [0.15, 0.2) is 0 Å². The summed E-state index contributed by atoms with van der Waals surface area (Å²) >= 11 is 0. The molecule has 3 unspecified atom stereocenters. The molecule has 2 fully saturated rings. The molecule has 106 valence electrons. The third-order valence-corrected chi connectivity index (χ3v) is 5.08. The van der Waals surface area contributed by atoms with Gasteiger partial charge in [-0.05, 0) is 52.0 Å². The molecule has 0 bridgehead atoms. The molecule has 2 heteroatoms. The maximum absolute atomic E-state index is 3.67. The molecule has 3 atom stereocenters. The molecule has 0 radical (unpaired) electrons. The van der Waals surface area contributed by atoms with Gasteiger partial charge in [-0.15, -0.1) is 0 Å². The highest BCUT2D eigenvalue weighted by molar-refractivity contribution is 4.88. The van der Waals surface area contributed by atoms with Crippen LogP contribution in [0.4, 0.5) is 0 Å². The molecule has 1 saturated heterocycles. The van der Waals surface area contributed by atoms with E-state index in [0.29, 0.717) is 6.04 Å². The van der Waals surface area contributed by atoms with Gasteiger partial charge in [0.25, 0.3) is 0 Å². The fourth-order valence-corrected chi connectivity index (χ4v) is 4.00. The Morgan fingerprint density at radius 1 is 1.11 bits per heavy atom. The summed E-state index contributed by atoms with van der Waals surface area (Å²) in [7, 11) is 0. The molecule has 2 nitrogen and oxygen atoms in total. The van der Waals surface area contributed by atoms with E-state index in [1.807, 2.05) is 0 Å². The van der Waals surface area contributed by atoms with Crippen LogP contribution < -0.4 is 5.32 Å². The van der Waals surface area contributed by atoms with Crippen molar-refractivity contribution in [3.63, 3.8) is 0 Å². The topological polar surface area (TPSA) is 15.3 Å². The fraction of sp³-hybridized carbons (Fsp3) is 1.00. The highest BCUT2D eigenvalue weighted by Gasteiger charge is 2.32. The normalized spacial score (nSPS) is 33.5. The van der Waals surface area contributed by atoms with Crippen molar-refractivity contribution in [2.24, 2.45) is 5.92 Å². The first-order chi connectivity index (χ1) is 8.72. The van der Waals surface area contributed by atoms with Crippen molar-refractivity contribution in [2.45, 2.75) is 83.8 Å². The smallest absolute Gasteiger partial charge is 0.0195 e. The molecule has 1 heterocycles. The Balaban J connectivity index is 1.97. The zero-order valence-corrected chi connectivity index (χ0v) is 12.6. The summed E-state index contributed by atoms with van der Waals surface area (Å²) in [6.07, 6.45) is 9.92. The second-order valence-electron chi connectivity index (χ2n) is 6.60. The predicted octanol–water partition coefficient (Wildman–Crippen LogP) is 3.42. The second kappa shape index (κ2) is 6.91. The minimum atomic E-state index is 0.699. The summed E-state index contributed by atoms with van der Waals surface area (Å²) in [4.78, 5) is 2.82. The summed E-state index contributed by atoms with van der Waals surface area (Å²) in [5, 5.41) is 3.67. The standard InChI is InChI=1S/C16H32N2/c1-4-14-8-5-6-10-16(14)18(13(2)3)12-15-9-7-11-17-15/h13-17H,4-12H2,1-3H3. The summed E-state index contributed by atoms with van der Waals surface area (Å²) in [6.45, 7) is 9.67. The highest BCUT2D eigenvalue weighted by atomic mass is 15.2. The van der Waals surface area contributed by atoms with Gasteiger partial charge < -0.3 is 5.32 Å². The van der Waals surface area contributed by atoms with Crippen molar-refractivity contribution >= 4 is 0 Å². The number of hydrogen-bond donors (Lipinski definition) is 1. The van der Waals surface area contributed by atoms with Crippen LogP contribution >= 0.6 is 0 Å². The Bertz CT molecular complexity index is 233. The van der Waals surface area contributed by atoms with Crippen LogP contribution in [0.15, 0.2) is 0 Å². The highest BCUT2D eigenvalue weighted by Crippen LogP contribution is 2.32. The number of rotatable bonds is 5. The van der Waals surface area contributed by atoms with E-state index in [9.17, 15) is 0 Å². The van der Waals surface area contributed by atoms with E-state index in [4.69, 9.17) is 0 Å². The van der Waals surface area contributed by atoms with Gasteiger partial charge in [0.05, 0.1) is 0 Å². The average Bonchev–Trinajstić information content (AvgIpc) is 2.88. The number of nitrogens with one attached hydrogen (secondary N) is 1. The molecule has 1 aliphatic heterocycles. The maximum Gasteiger partial charge on any atom is 0.0195 e. The average molecular weight is 252 g/mol. The summed E-state index contributed by atoms with van der Waals surface area (Å²) in [5.41, 5.74) is 0. The molecule has 2 rings (SSSR count). The van der Waals surface area contributed by atoms with Crippen LogP contribution in [0.5, 0.6) is 0 Å². The molecule has 0 aromatic rings.